The number of likely N-dealkylation sites (N-methyl/N-ethyl adjacent to an activating group) is 1. The molecule has 2 aliphatic rings. The standard InChI is InChI=1S/C10H14NOP.C8H9O2P/c1-11-5-6-12-10-7-8(13-2)3-4-9(10)11;1-11-6-2-3-7-8(4-6)10-5-9-7/h3-4,7,13H,5-6H2,1-2H3;2-4,11H,5H2,1H3. The van der Waals surface area contributed by atoms with E-state index in [1.807, 2.05) is 12.1 Å². The summed E-state index contributed by atoms with van der Waals surface area (Å²) in [7, 11) is 3.77. The van der Waals surface area contributed by atoms with Gasteiger partial charge in [-0.3, -0.25) is 0 Å². The Hall–Kier alpha value is -1.50. The summed E-state index contributed by atoms with van der Waals surface area (Å²) < 4.78 is 16.0. The summed E-state index contributed by atoms with van der Waals surface area (Å²) in [5.41, 5.74) is 1.22. The van der Waals surface area contributed by atoms with Crippen LogP contribution in [0.4, 0.5) is 5.69 Å². The van der Waals surface area contributed by atoms with Gasteiger partial charge >= 0.3 is 0 Å². The quantitative estimate of drug-likeness (QED) is 0.768. The van der Waals surface area contributed by atoms with Crippen LogP contribution in [0.5, 0.6) is 17.2 Å². The molecule has 0 aliphatic carbocycles. The Labute approximate surface area is 147 Å². The van der Waals surface area contributed by atoms with Gasteiger partial charge in [-0.25, -0.2) is 0 Å². The monoisotopic (exact) mass is 363 g/mol. The van der Waals surface area contributed by atoms with Crippen LogP contribution in [0.25, 0.3) is 0 Å². The van der Waals surface area contributed by atoms with E-state index in [-0.39, 0.29) is 0 Å². The summed E-state index contributed by atoms with van der Waals surface area (Å²) in [5.74, 6) is 2.80. The summed E-state index contributed by atoms with van der Waals surface area (Å²) in [4.78, 5) is 2.24. The molecule has 0 spiro atoms. The Morgan fingerprint density at radius 2 is 1.50 bits per heavy atom. The normalized spacial score (nSPS) is 15.4. The first kappa shape index (κ1) is 17.3. The highest BCUT2D eigenvalue weighted by molar-refractivity contribution is 7.46. The van der Waals surface area contributed by atoms with E-state index in [1.54, 1.807) is 0 Å². The number of fused-ring (bicyclic) bond motifs is 2. The zero-order chi connectivity index (χ0) is 16.9. The summed E-state index contributed by atoms with van der Waals surface area (Å²) in [5, 5.41) is 2.68. The molecule has 24 heavy (non-hydrogen) atoms. The molecule has 4 nitrogen and oxygen atoms in total. The number of hydrogen-bond donors (Lipinski definition) is 0. The molecule has 4 rings (SSSR count). The predicted octanol–water partition coefficient (Wildman–Crippen LogP) is 2.80. The van der Waals surface area contributed by atoms with Gasteiger partial charge in [0, 0.05) is 7.05 Å². The molecule has 2 atom stereocenters. The van der Waals surface area contributed by atoms with Crippen LogP contribution < -0.4 is 29.7 Å². The van der Waals surface area contributed by atoms with E-state index in [1.165, 1.54) is 16.3 Å². The molecule has 0 amide bonds. The summed E-state index contributed by atoms with van der Waals surface area (Å²) >= 11 is 0. The largest absolute Gasteiger partial charge is 0.490 e. The zero-order valence-electron chi connectivity index (χ0n) is 14.3. The van der Waals surface area contributed by atoms with E-state index in [0.29, 0.717) is 6.79 Å². The van der Waals surface area contributed by atoms with E-state index in [0.717, 1.165) is 47.6 Å². The van der Waals surface area contributed by atoms with Crippen molar-refractivity contribution in [3.63, 3.8) is 0 Å². The maximum atomic E-state index is 5.60. The minimum absolute atomic E-state index is 0.367. The Kier molecular flexibility index (Phi) is 5.81. The molecule has 0 bridgehead atoms. The van der Waals surface area contributed by atoms with Crippen molar-refractivity contribution in [1.29, 1.82) is 0 Å². The number of hydrogen-bond acceptors (Lipinski definition) is 4. The lowest BCUT2D eigenvalue weighted by atomic mass is 10.2. The fraction of sp³-hybridized carbons (Fsp3) is 0.333. The van der Waals surface area contributed by atoms with Crippen LogP contribution in [0.3, 0.4) is 0 Å². The van der Waals surface area contributed by atoms with Crippen molar-refractivity contribution in [2.45, 2.75) is 0 Å². The van der Waals surface area contributed by atoms with Crippen molar-refractivity contribution in [3.05, 3.63) is 36.4 Å². The second-order valence-electron chi connectivity index (χ2n) is 5.52. The Balaban J connectivity index is 0.000000143. The minimum atomic E-state index is 0.367. The van der Waals surface area contributed by atoms with Gasteiger partial charge in [0.25, 0.3) is 0 Å². The Morgan fingerprint density at radius 1 is 0.833 bits per heavy atom. The second kappa shape index (κ2) is 8.05. The average Bonchev–Trinajstić information content (AvgIpc) is 3.09. The van der Waals surface area contributed by atoms with Crippen molar-refractivity contribution in [2.75, 3.05) is 45.2 Å². The van der Waals surface area contributed by atoms with Gasteiger partial charge in [0.2, 0.25) is 6.79 Å². The third-order valence-electron chi connectivity index (χ3n) is 4.01. The van der Waals surface area contributed by atoms with Crippen LogP contribution in [0, 0.1) is 0 Å². The molecule has 2 aromatic carbocycles. The fourth-order valence-corrected chi connectivity index (χ4v) is 3.62. The van der Waals surface area contributed by atoms with Gasteiger partial charge < -0.3 is 19.1 Å². The SMILES string of the molecule is CPc1ccc2c(c1)OCCN2C.CPc1ccc2c(c1)OCO2. The van der Waals surface area contributed by atoms with E-state index in [9.17, 15) is 0 Å². The number of ether oxygens (including phenoxy) is 3. The first-order valence-electron chi connectivity index (χ1n) is 7.94. The molecular weight excluding hydrogens is 340 g/mol. The number of benzene rings is 2. The molecular formula is C18H23NO3P2. The van der Waals surface area contributed by atoms with Crippen LogP contribution in [0.15, 0.2) is 36.4 Å². The number of rotatable bonds is 2. The van der Waals surface area contributed by atoms with Crippen LogP contribution in [-0.4, -0.2) is 40.3 Å². The minimum Gasteiger partial charge on any atom is -0.490 e. The van der Waals surface area contributed by atoms with Crippen molar-refractivity contribution >= 4 is 33.5 Å². The second-order valence-corrected chi connectivity index (χ2v) is 7.68. The lowest BCUT2D eigenvalue weighted by Gasteiger charge is -2.27. The molecule has 0 aromatic heterocycles. The molecule has 2 aromatic rings. The van der Waals surface area contributed by atoms with E-state index in [4.69, 9.17) is 14.2 Å². The molecule has 128 valence electrons. The van der Waals surface area contributed by atoms with Crippen molar-refractivity contribution < 1.29 is 14.2 Å². The first-order valence-corrected chi connectivity index (χ1v) is 10.9. The van der Waals surface area contributed by atoms with Crippen LogP contribution in [-0.2, 0) is 0 Å². The van der Waals surface area contributed by atoms with Gasteiger partial charge in [-0.1, -0.05) is 29.3 Å². The average molecular weight is 363 g/mol. The molecule has 0 saturated carbocycles. The van der Waals surface area contributed by atoms with Gasteiger partial charge in [0.1, 0.15) is 12.4 Å². The van der Waals surface area contributed by atoms with E-state index in [2.05, 4.69) is 49.5 Å². The molecule has 0 N–H and O–H groups in total. The van der Waals surface area contributed by atoms with Crippen LogP contribution in [0.1, 0.15) is 0 Å². The van der Waals surface area contributed by atoms with E-state index < -0.39 is 0 Å². The molecule has 0 saturated heterocycles. The van der Waals surface area contributed by atoms with Gasteiger partial charge in [-0.2, -0.15) is 0 Å². The third kappa shape index (κ3) is 3.94. The molecule has 6 heteroatoms. The van der Waals surface area contributed by atoms with Gasteiger partial charge in [0.05, 0.1) is 12.2 Å². The van der Waals surface area contributed by atoms with Crippen molar-refractivity contribution in [1.82, 2.24) is 0 Å². The highest BCUT2D eigenvalue weighted by Crippen LogP contribution is 2.31. The number of nitrogens with zero attached hydrogens (tertiary/aromatic N) is 1. The number of anilines is 1. The molecule has 2 heterocycles. The van der Waals surface area contributed by atoms with Crippen LogP contribution >= 0.6 is 17.2 Å². The maximum absolute atomic E-state index is 5.60. The van der Waals surface area contributed by atoms with Gasteiger partial charge in [-0.15, -0.1) is 0 Å². The van der Waals surface area contributed by atoms with Crippen molar-refractivity contribution in [2.24, 2.45) is 0 Å². The highest BCUT2D eigenvalue weighted by atomic mass is 31.1. The lowest BCUT2D eigenvalue weighted by Crippen LogP contribution is -2.29. The molecule has 2 unspecified atom stereocenters. The molecule has 2 aliphatic heterocycles. The molecule has 0 radical (unpaired) electrons. The summed E-state index contributed by atoms with van der Waals surface area (Å²) in [6, 6.07) is 12.6. The summed E-state index contributed by atoms with van der Waals surface area (Å²) in [6.07, 6.45) is 0. The van der Waals surface area contributed by atoms with E-state index >= 15 is 0 Å². The van der Waals surface area contributed by atoms with Crippen LogP contribution in [0.2, 0.25) is 0 Å². The van der Waals surface area contributed by atoms with Gasteiger partial charge in [0.15, 0.2) is 11.5 Å². The summed E-state index contributed by atoms with van der Waals surface area (Å²) in [6.45, 7) is 6.50. The lowest BCUT2D eigenvalue weighted by molar-refractivity contribution is 0.174. The molecule has 0 fully saturated rings. The highest BCUT2D eigenvalue weighted by Gasteiger charge is 2.14. The van der Waals surface area contributed by atoms with Crippen molar-refractivity contribution in [3.8, 4) is 17.2 Å². The Morgan fingerprint density at radius 3 is 2.25 bits per heavy atom. The smallest absolute Gasteiger partial charge is 0.231 e. The predicted molar refractivity (Wildman–Crippen MR) is 106 cm³/mol. The van der Waals surface area contributed by atoms with Gasteiger partial charge in [-0.05, 0) is 48.2 Å². The maximum Gasteiger partial charge on any atom is 0.231 e. The third-order valence-corrected chi connectivity index (χ3v) is 5.78. The Bertz CT molecular complexity index is 709. The zero-order valence-corrected chi connectivity index (χ0v) is 16.3. The first-order chi connectivity index (χ1) is 11.7. The topological polar surface area (TPSA) is 30.9 Å². The fourth-order valence-electron chi connectivity index (χ4n) is 2.57.